The molecule has 0 spiro atoms. The molecule has 4 fully saturated rings. The Balaban J connectivity index is 1.32. The van der Waals surface area contributed by atoms with Crippen LogP contribution in [0, 0.1) is 11.8 Å². The van der Waals surface area contributed by atoms with E-state index in [1.807, 2.05) is 0 Å². The molecule has 2 N–H and O–H groups in total. The third-order valence-electron chi connectivity index (χ3n) is 5.59. The maximum absolute atomic E-state index is 12.4. The number of ether oxygens (including phenoxy) is 1. The first-order chi connectivity index (χ1) is 12.3. The third kappa shape index (κ3) is 3.39. The van der Waals surface area contributed by atoms with Gasteiger partial charge in [-0.15, -0.1) is 4.28 Å². The Labute approximate surface area is 150 Å². The number of hydrogen-bond donors (Lipinski definition) is 2. The van der Waals surface area contributed by atoms with Gasteiger partial charge in [-0.1, -0.05) is 0 Å². The first kappa shape index (κ1) is 17.9. The number of nitrogens with one attached hydrogen (secondary N) is 1. The van der Waals surface area contributed by atoms with Gasteiger partial charge in [0.2, 0.25) is 0 Å². The van der Waals surface area contributed by atoms with E-state index in [0.29, 0.717) is 29.7 Å². The summed E-state index contributed by atoms with van der Waals surface area (Å²) in [4.78, 5) is 31.5. The maximum Gasteiger partial charge on any atom is 0.418 e. The second kappa shape index (κ2) is 6.60. The molecule has 0 radical (unpaired) electrons. The van der Waals surface area contributed by atoms with Crippen LogP contribution in [0.3, 0.4) is 0 Å². The van der Waals surface area contributed by atoms with E-state index in [4.69, 9.17) is 14.1 Å². The molecule has 1 aliphatic carbocycles. The average molecular weight is 391 g/mol. The fourth-order valence-corrected chi connectivity index (χ4v) is 4.73. The largest absolute Gasteiger partial charge is 0.418 e. The number of rotatable bonds is 5. The monoisotopic (exact) mass is 391 g/mol. The van der Waals surface area contributed by atoms with Crippen molar-refractivity contribution in [2.24, 2.45) is 11.8 Å². The fourth-order valence-electron chi connectivity index (χ4n) is 4.35. The number of carbonyl (C=O) groups is 2. The highest BCUT2D eigenvalue weighted by molar-refractivity contribution is 7.80. The van der Waals surface area contributed by atoms with Crippen LogP contribution in [0.5, 0.6) is 0 Å². The lowest BCUT2D eigenvalue weighted by atomic mass is 10.0. The van der Waals surface area contributed by atoms with E-state index < -0.39 is 34.4 Å². The quantitative estimate of drug-likeness (QED) is 0.471. The summed E-state index contributed by atoms with van der Waals surface area (Å²) in [5.74, 6) is 0.496. The van der Waals surface area contributed by atoms with Crippen LogP contribution in [0.1, 0.15) is 25.7 Å². The van der Waals surface area contributed by atoms with Crippen molar-refractivity contribution in [3.63, 3.8) is 0 Å². The smallest absolute Gasteiger partial charge is 0.381 e. The molecule has 0 aromatic heterocycles. The predicted molar refractivity (Wildman–Crippen MR) is 83.4 cm³/mol. The van der Waals surface area contributed by atoms with Crippen molar-refractivity contribution in [3.8, 4) is 0 Å². The first-order valence-corrected chi connectivity index (χ1v) is 9.98. The van der Waals surface area contributed by atoms with Crippen LogP contribution in [-0.2, 0) is 29.1 Å². The Kier molecular flexibility index (Phi) is 4.55. The van der Waals surface area contributed by atoms with Crippen LogP contribution in [0.2, 0.25) is 0 Å². The molecule has 3 amide bonds. The van der Waals surface area contributed by atoms with Gasteiger partial charge in [0.05, 0.1) is 12.1 Å². The summed E-state index contributed by atoms with van der Waals surface area (Å²) in [5, 5.41) is 0.613. The number of carbonyl (C=O) groups excluding carboxylic acids is 2. The molecule has 11 nitrogen and oxygen atoms in total. The van der Waals surface area contributed by atoms with Crippen LogP contribution in [0.25, 0.3) is 0 Å². The van der Waals surface area contributed by atoms with E-state index in [9.17, 15) is 18.0 Å². The van der Waals surface area contributed by atoms with Crippen LogP contribution < -0.4 is 5.48 Å². The number of amides is 3. The Morgan fingerprint density at radius 3 is 2.58 bits per heavy atom. The summed E-state index contributed by atoms with van der Waals surface area (Å²) in [6.07, 6.45) is 2.32. The van der Waals surface area contributed by atoms with Crippen LogP contribution >= 0.6 is 0 Å². The number of nitrogens with zero attached hydrogens (tertiary/aromatic N) is 2. The lowest BCUT2D eigenvalue weighted by Gasteiger charge is -2.29. The Hall–Kier alpha value is -1.47. The zero-order valence-electron chi connectivity index (χ0n) is 13.9. The molecule has 0 aromatic rings. The standard InChI is InChI=1S/C14H21N3O8S/c18-13(15-24-11-3-8-6-23-7-9(8)4-11)12-2-1-10-5-16(12)14(19)17(10)25-26(20,21)22/h8-12H,1-7H2,(H,15,18)(H,20,21,22). The SMILES string of the molecule is O=C(NOC1CC2COCC2C1)C1CCC2CN1C(=O)N2OS(=O)(=O)O. The normalized spacial score (nSPS) is 36.5. The van der Waals surface area contributed by atoms with Crippen molar-refractivity contribution in [2.45, 2.75) is 43.9 Å². The van der Waals surface area contributed by atoms with Gasteiger partial charge < -0.3 is 9.64 Å². The number of fused-ring (bicyclic) bond motifs is 3. The van der Waals surface area contributed by atoms with Crippen molar-refractivity contribution in [2.75, 3.05) is 19.8 Å². The molecule has 3 saturated heterocycles. The number of urea groups is 1. The van der Waals surface area contributed by atoms with E-state index >= 15 is 0 Å². The highest BCUT2D eigenvalue weighted by atomic mass is 32.3. The first-order valence-electron chi connectivity index (χ1n) is 8.62. The van der Waals surface area contributed by atoms with Gasteiger partial charge in [-0.2, -0.15) is 13.5 Å². The molecular weight excluding hydrogens is 370 g/mol. The van der Waals surface area contributed by atoms with Gasteiger partial charge in [0.25, 0.3) is 5.91 Å². The van der Waals surface area contributed by atoms with Gasteiger partial charge in [0.1, 0.15) is 6.04 Å². The molecule has 26 heavy (non-hydrogen) atoms. The summed E-state index contributed by atoms with van der Waals surface area (Å²) in [7, 11) is -4.80. The van der Waals surface area contributed by atoms with Crippen molar-refractivity contribution in [1.29, 1.82) is 0 Å². The Morgan fingerprint density at radius 2 is 1.92 bits per heavy atom. The van der Waals surface area contributed by atoms with Gasteiger partial charge in [-0.05, 0) is 37.5 Å². The Bertz CT molecular complexity index is 688. The van der Waals surface area contributed by atoms with E-state index in [0.717, 1.165) is 26.1 Å². The lowest BCUT2D eigenvalue weighted by molar-refractivity contribution is -0.144. The summed E-state index contributed by atoms with van der Waals surface area (Å²) in [5.41, 5.74) is 2.45. The average Bonchev–Trinajstić information content (AvgIpc) is 3.22. The maximum atomic E-state index is 12.4. The van der Waals surface area contributed by atoms with Crippen molar-refractivity contribution in [3.05, 3.63) is 0 Å². The minimum atomic E-state index is -4.80. The molecule has 3 aliphatic heterocycles. The second-order valence-corrected chi connectivity index (χ2v) is 8.25. The summed E-state index contributed by atoms with van der Waals surface area (Å²) >= 11 is 0. The van der Waals surface area contributed by atoms with E-state index in [-0.39, 0.29) is 12.6 Å². The molecule has 146 valence electrons. The molecule has 4 unspecified atom stereocenters. The molecular formula is C14H21N3O8S. The van der Waals surface area contributed by atoms with Gasteiger partial charge >= 0.3 is 16.4 Å². The topological polar surface area (TPSA) is 135 Å². The number of piperidine rings is 1. The molecule has 0 aromatic carbocycles. The van der Waals surface area contributed by atoms with Crippen molar-refractivity contribution in [1.82, 2.24) is 15.4 Å². The van der Waals surface area contributed by atoms with E-state index in [1.54, 1.807) is 0 Å². The van der Waals surface area contributed by atoms with Gasteiger partial charge in [0.15, 0.2) is 0 Å². The predicted octanol–water partition coefficient (Wildman–Crippen LogP) is -0.538. The third-order valence-corrected chi connectivity index (χ3v) is 5.94. The minimum Gasteiger partial charge on any atom is -0.381 e. The van der Waals surface area contributed by atoms with E-state index in [1.165, 1.54) is 4.90 Å². The summed E-state index contributed by atoms with van der Waals surface area (Å²) < 4.78 is 40.3. The molecule has 1 saturated carbocycles. The van der Waals surface area contributed by atoms with E-state index in [2.05, 4.69) is 9.76 Å². The highest BCUT2D eigenvalue weighted by Crippen LogP contribution is 2.38. The van der Waals surface area contributed by atoms with Gasteiger partial charge in [-0.25, -0.2) is 10.3 Å². The zero-order chi connectivity index (χ0) is 18.5. The summed E-state index contributed by atoms with van der Waals surface area (Å²) in [6, 6.07) is -2.06. The number of hydroxylamine groups is 3. The van der Waals surface area contributed by atoms with Gasteiger partial charge in [-0.3, -0.25) is 14.2 Å². The molecule has 2 bridgehead atoms. The molecule has 4 aliphatic rings. The molecule has 12 heteroatoms. The fraction of sp³-hybridized carbons (Fsp3) is 0.857. The Morgan fingerprint density at radius 1 is 1.23 bits per heavy atom. The molecule has 4 rings (SSSR count). The van der Waals surface area contributed by atoms with Crippen LogP contribution in [0.4, 0.5) is 4.79 Å². The second-order valence-electron chi connectivity index (χ2n) is 7.25. The zero-order valence-corrected chi connectivity index (χ0v) is 14.8. The highest BCUT2D eigenvalue weighted by Gasteiger charge is 2.49. The lowest BCUT2D eigenvalue weighted by Crippen LogP contribution is -2.50. The van der Waals surface area contributed by atoms with Crippen LogP contribution in [-0.4, -0.2) is 72.8 Å². The molecule has 4 atom stereocenters. The van der Waals surface area contributed by atoms with Gasteiger partial charge in [0, 0.05) is 19.8 Å². The number of hydrogen-bond acceptors (Lipinski definition) is 7. The minimum absolute atomic E-state index is 0.0668. The van der Waals surface area contributed by atoms with Crippen molar-refractivity contribution >= 4 is 22.3 Å². The van der Waals surface area contributed by atoms with Crippen molar-refractivity contribution < 1.29 is 36.4 Å². The van der Waals surface area contributed by atoms with Crippen LogP contribution in [0.15, 0.2) is 0 Å². The summed E-state index contributed by atoms with van der Waals surface area (Å²) in [6.45, 7) is 1.61. The molecule has 3 heterocycles.